The fourth-order valence-corrected chi connectivity index (χ4v) is 6.44. The van der Waals surface area contributed by atoms with Gasteiger partial charge >= 0.3 is 0 Å². The average molecular weight is 673 g/mol. The second-order valence-electron chi connectivity index (χ2n) is 9.89. The number of nitrogens with one attached hydrogen (secondary N) is 1. The summed E-state index contributed by atoms with van der Waals surface area (Å²) in [5.74, 6) is -1.01. The van der Waals surface area contributed by atoms with Crippen molar-refractivity contribution in [2.75, 3.05) is 10.8 Å². The normalized spacial score (nSPS) is 12.9. The molecule has 0 unspecified atom stereocenters. The van der Waals surface area contributed by atoms with E-state index in [9.17, 15) is 18.0 Å². The van der Waals surface area contributed by atoms with E-state index >= 15 is 0 Å². The number of halogens is 4. The number of rotatable bonds is 12. The van der Waals surface area contributed by atoms with Crippen LogP contribution in [0.25, 0.3) is 0 Å². The van der Waals surface area contributed by atoms with Gasteiger partial charge in [0.2, 0.25) is 11.8 Å². The molecule has 7 nitrogen and oxygen atoms in total. The van der Waals surface area contributed by atoms with Crippen LogP contribution in [0.5, 0.6) is 0 Å². The Morgan fingerprint density at radius 2 is 1.48 bits per heavy atom. The van der Waals surface area contributed by atoms with Crippen molar-refractivity contribution in [3.63, 3.8) is 0 Å². The van der Waals surface area contributed by atoms with Crippen LogP contribution in [-0.4, -0.2) is 43.8 Å². The molecular weight excluding hydrogens is 640 g/mol. The summed E-state index contributed by atoms with van der Waals surface area (Å²) in [6.45, 7) is 6.65. The molecule has 3 aromatic rings. The molecule has 2 atom stereocenters. The van der Waals surface area contributed by atoms with Crippen molar-refractivity contribution in [2.24, 2.45) is 0 Å². The maximum Gasteiger partial charge on any atom is 0.264 e. The number of hydrogen-bond acceptors (Lipinski definition) is 4. The van der Waals surface area contributed by atoms with E-state index in [-0.39, 0.29) is 45.5 Å². The average Bonchev–Trinajstić information content (AvgIpc) is 2.94. The molecule has 0 saturated carbocycles. The number of aryl methyl sites for hydroxylation is 1. The lowest BCUT2D eigenvalue weighted by atomic mass is 10.1. The maximum absolute atomic E-state index is 14.2. The lowest BCUT2D eigenvalue weighted by Crippen LogP contribution is -2.53. The number of anilines is 1. The first kappa shape index (κ1) is 34.0. The highest BCUT2D eigenvalue weighted by Crippen LogP contribution is 2.32. The van der Waals surface area contributed by atoms with E-state index in [1.54, 1.807) is 37.3 Å². The van der Waals surface area contributed by atoms with Crippen LogP contribution in [0.15, 0.2) is 65.6 Å². The molecule has 0 aliphatic heterocycles. The lowest BCUT2D eigenvalue weighted by Gasteiger charge is -2.34. The van der Waals surface area contributed by atoms with Gasteiger partial charge in [0, 0.05) is 28.2 Å². The van der Waals surface area contributed by atoms with Gasteiger partial charge in [0.25, 0.3) is 10.0 Å². The Hall–Kier alpha value is -2.49. The molecule has 42 heavy (non-hydrogen) atoms. The number of amides is 2. The number of hydrogen-bond donors (Lipinski definition) is 1. The van der Waals surface area contributed by atoms with Crippen LogP contribution in [0.1, 0.15) is 44.7 Å². The van der Waals surface area contributed by atoms with Crippen LogP contribution in [0.4, 0.5) is 5.69 Å². The van der Waals surface area contributed by atoms with Crippen LogP contribution in [0.3, 0.4) is 0 Å². The van der Waals surface area contributed by atoms with Gasteiger partial charge in [0.15, 0.2) is 0 Å². The quantitative estimate of drug-likeness (QED) is 0.216. The summed E-state index contributed by atoms with van der Waals surface area (Å²) in [5, 5.41) is 3.89. The minimum Gasteiger partial charge on any atom is -0.352 e. The van der Waals surface area contributed by atoms with Crippen molar-refractivity contribution < 1.29 is 18.0 Å². The molecule has 0 spiro atoms. The van der Waals surface area contributed by atoms with Gasteiger partial charge in [-0.25, -0.2) is 8.42 Å². The molecule has 0 fully saturated rings. The van der Waals surface area contributed by atoms with Crippen molar-refractivity contribution in [1.29, 1.82) is 0 Å². The summed E-state index contributed by atoms with van der Waals surface area (Å²) in [6.07, 6.45) is 0.944. The molecule has 1 N–H and O–H groups in total. The zero-order chi connectivity index (χ0) is 31.2. The van der Waals surface area contributed by atoms with E-state index in [1.807, 2.05) is 20.8 Å². The van der Waals surface area contributed by atoms with Crippen molar-refractivity contribution in [3.05, 3.63) is 91.9 Å². The summed E-state index contributed by atoms with van der Waals surface area (Å²) in [4.78, 5) is 28.9. The molecule has 0 saturated heterocycles. The van der Waals surface area contributed by atoms with Crippen molar-refractivity contribution in [3.8, 4) is 0 Å². The first-order valence-electron chi connectivity index (χ1n) is 13.4. The molecule has 0 radical (unpaired) electrons. The molecule has 226 valence electrons. The molecule has 0 heterocycles. The third kappa shape index (κ3) is 8.11. The highest BCUT2D eigenvalue weighted by atomic mass is 35.5. The zero-order valence-electron chi connectivity index (χ0n) is 23.7. The van der Waals surface area contributed by atoms with Crippen LogP contribution in [0.2, 0.25) is 20.1 Å². The molecule has 3 aromatic carbocycles. The van der Waals surface area contributed by atoms with E-state index in [4.69, 9.17) is 46.4 Å². The predicted molar refractivity (Wildman–Crippen MR) is 171 cm³/mol. The van der Waals surface area contributed by atoms with E-state index in [1.165, 1.54) is 35.2 Å². The highest BCUT2D eigenvalue weighted by Gasteiger charge is 2.34. The molecule has 2 amide bonds. The second kappa shape index (κ2) is 14.8. The summed E-state index contributed by atoms with van der Waals surface area (Å²) in [6, 6.07) is 14.4. The van der Waals surface area contributed by atoms with Gasteiger partial charge < -0.3 is 10.2 Å². The van der Waals surface area contributed by atoms with Gasteiger partial charge in [0.1, 0.15) is 12.6 Å². The lowest BCUT2D eigenvalue weighted by molar-refractivity contribution is -0.140. The van der Waals surface area contributed by atoms with Crippen LogP contribution in [-0.2, 0) is 26.2 Å². The van der Waals surface area contributed by atoms with Crippen molar-refractivity contribution in [2.45, 2.75) is 64.1 Å². The number of sulfonamides is 1. The van der Waals surface area contributed by atoms with Crippen LogP contribution < -0.4 is 9.62 Å². The number of benzene rings is 3. The first-order chi connectivity index (χ1) is 19.8. The molecule has 0 aromatic heterocycles. The van der Waals surface area contributed by atoms with E-state index in [0.717, 1.165) is 9.87 Å². The fourth-order valence-electron chi connectivity index (χ4n) is 4.22. The highest BCUT2D eigenvalue weighted by molar-refractivity contribution is 7.92. The van der Waals surface area contributed by atoms with Crippen molar-refractivity contribution in [1.82, 2.24) is 10.2 Å². The van der Waals surface area contributed by atoms with Crippen LogP contribution >= 0.6 is 46.4 Å². The first-order valence-corrected chi connectivity index (χ1v) is 16.3. The largest absolute Gasteiger partial charge is 0.352 e. The van der Waals surface area contributed by atoms with Crippen molar-refractivity contribution >= 4 is 73.9 Å². The van der Waals surface area contributed by atoms with Gasteiger partial charge in [-0.2, -0.15) is 0 Å². The van der Waals surface area contributed by atoms with E-state index < -0.39 is 28.5 Å². The Labute approximate surface area is 267 Å². The number of carbonyl (C=O) groups is 2. The summed E-state index contributed by atoms with van der Waals surface area (Å²) < 4.78 is 28.9. The number of carbonyl (C=O) groups excluding carboxylic acids is 2. The smallest absolute Gasteiger partial charge is 0.264 e. The third-order valence-corrected chi connectivity index (χ3v) is 10.1. The zero-order valence-corrected chi connectivity index (χ0v) is 27.5. The van der Waals surface area contributed by atoms with E-state index in [2.05, 4.69) is 5.32 Å². The Balaban J connectivity index is 2.12. The van der Waals surface area contributed by atoms with Gasteiger partial charge in [0.05, 0.1) is 20.6 Å². The number of nitrogens with zero attached hydrogens (tertiary/aromatic N) is 2. The van der Waals surface area contributed by atoms with Gasteiger partial charge in [-0.3, -0.25) is 13.9 Å². The summed E-state index contributed by atoms with van der Waals surface area (Å²) in [5.41, 5.74) is 1.43. The fraction of sp³-hybridized carbons (Fsp3) is 0.333. The van der Waals surface area contributed by atoms with E-state index in [0.29, 0.717) is 22.0 Å². The predicted octanol–water partition coefficient (Wildman–Crippen LogP) is 7.53. The summed E-state index contributed by atoms with van der Waals surface area (Å²) >= 11 is 25.3. The molecule has 3 rings (SSSR count). The Bertz CT molecular complexity index is 1510. The monoisotopic (exact) mass is 671 g/mol. The summed E-state index contributed by atoms with van der Waals surface area (Å²) in [7, 11) is -4.26. The minimum absolute atomic E-state index is 0.0192. The SMILES string of the molecule is CC[C@H](C)NC(=O)[C@H](CC)N(Cc1c(Cl)cccc1Cl)C(=O)CN(c1ccc(Cl)c(Cl)c1)S(=O)(=O)c1ccc(C)cc1. The third-order valence-electron chi connectivity index (χ3n) is 6.86. The Morgan fingerprint density at radius 1 is 0.857 bits per heavy atom. The van der Waals surface area contributed by atoms with Gasteiger partial charge in [-0.05, 0) is 69.2 Å². The molecular formula is C30H33Cl4N3O4S. The molecule has 0 bridgehead atoms. The van der Waals surface area contributed by atoms with Gasteiger partial charge in [-0.15, -0.1) is 0 Å². The molecule has 0 aliphatic rings. The maximum atomic E-state index is 14.2. The van der Waals surface area contributed by atoms with Gasteiger partial charge in [-0.1, -0.05) is 84.0 Å². The topological polar surface area (TPSA) is 86.8 Å². The standard InChI is InChI=1S/C30H33Cl4N3O4S/c1-5-20(4)35-30(39)28(6-2)36(17-23-24(31)8-7-9-25(23)32)29(38)18-37(21-12-15-26(33)27(34)16-21)42(40,41)22-13-10-19(3)11-14-22/h7-16,20,28H,5-6,17-18H2,1-4H3,(H,35,39)/t20-,28-/m0/s1. The van der Waals surface area contributed by atoms with Crippen LogP contribution in [0, 0.1) is 6.92 Å². The molecule has 0 aliphatic carbocycles. The second-order valence-corrected chi connectivity index (χ2v) is 13.4. The Kier molecular flexibility index (Phi) is 12.0. The Morgan fingerprint density at radius 3 is 2.02 bits per heavy atom. The molecule has 12 heteroatoms. The minimum atomic E-state index is -4.26.